The Kier molecular flexibility index (Phi) is 4.92. The van der Waals surface area contributed by atoms with E-state index in [1.165, 1.54) is 5.56 Å². The highest BCUT2D eigenvalue weighted by Gasteiger charge is 2.23. The Balaban J connectivity index is 1.75. The molecule has 0 spiro atoms. The first-order valence-electron chi connectivity index (χ1n) is 8.23. The average Bonchev–Trinajstić information content (AvgIpc) is 2.62. The van der Waals surface area contributed by atoms with Crippen molar-refractivity contribution >= 4 is 23.8 Å². The standard InChI is InChI=1S/C18H21N5O2/c1-13-3-5-15(6-4-13)21-17-11-16(19-14(2)20-17)18(25)23-9-7-22(12-24)8-10-23/h3-6,11-12H,7-10H2,1-2H3,(H,19,20,21). The second-order valence-corrected chi connectivity index (χ2v) is 6.11. The Labute approximate surface area is 146 Å². The molecule has 0 radical (unpaired) electrons. The maximum atomic E-state index is 12.7. The van der Waals surface area contributed by atoms with Gasteiger partial charge < -0.3 is 15.1 Å². The van der Waals surface area contributed by atoms with Gasteiger partial charge in [0.15, 0.2) is 0 Å². The predicted octanol–water partition coefficient (Wildman–Crippen LogP) is 1.75. The number of amides is 2. The van der Waals surface area contributed by atoms with Gasteiger partial charge in [-0.05, 0) is 26.0 Å². The fraction of sp³-hybridized carbons (Fsp3) is 0.333. The van der Waals surface area contributed by atoms with Gasteiger partial charge in [0.25, 0.3) is 5.91 Å². The molecule has 1 saturated heterocycles. The van der Waals surface area contributed by atoms with Crippen LogP contribution in [-0.4, -0.2) is 58.3 Å². The van der Waals surface area contributed by atoms with Gasteiger partial charge in [-0.15, -0.1) is 0 Å². The van der Waals surface area contributed by atoms with Gasteiger partial charge in [0.05, 0.1) is 0 Å². The molecule has 25 heavy (non-hydrogen) atoms. The lowest BCUT2D eigenvalue weighted by Crippen LogP contribution is -2.48. The Morgan fingerprint density at radius 3 is 2.40 bits per heavy atom. The van der Waals surface area contributed by atoms with Crippen molar-refractivity contribution in [2.45, 2.75) is 13.8 Å². The van der Waals surface area contributed by atoms with E-state index < -0.39 is 0 Å². The number of anilines is 2. The lowest BCUT2D eigenvalue weighted by Gasteiger charge is -2.32. The summed E-state index contributed by atoms with van der Waals surface area (Å²) in [6, 6.07) is 9.62. The second kappa shape index (κ2) is 7.29. The highest BCUT2D eigenvalue weighted by atomic mass is 16.2. The van der Waals surface area contributed by atoms with Gasteiger partial charge in [-0.2, -0.15) is 0 Å². The fourth-order valence-electron chi connectivity index (χ4n) is 2.72. The number of carbonyl (C=O) groups is 2. The molecule has 0 aliphatic carbocycles. The normalized spacial score (nSPS) is 14.3. The van der Waals surface area contributed by atoms with Crippen LogP contribution in [0.1, 0.15) is 21.9 Å². The van der Waals surface area contributed by atoms with Crippen LogP contribution in [0.2, 0.25) is 0 Å². The third kappa shape index (κ3) is 4.12. The summed E-state index contributed by atoms with van der Waals surface area (Å²) in [7, 11) is 0. The smallest absolute Gasteiger partial charge is 0.272 e. The van der Waals surface area contributed by atoms with Crippen LogP contribution in [0.15, 0.2) is 30.3 Å². The van der Waals surface area contributed by atoms with Crippen molar-refractivity contribution in [2.24, 2.45) is 0 Å². The maximum Gasteiger partial charge on any atom is 0.272 e. The van der Waals surface area contributed by atoms with Gasteiger partial charge in [0.1, 0.15) is 17.3 Å². The number of benzene rings is 1. The quantitative estimate of drug-likeness (QED) is 0.859. The van der Waals surface area contributed by atoms with Crippen molar-refractivity contribution < 1.29 is 9.59 Å². The molecule has 0 unspecified atom stereocenters. The van der Waals surface area contributed by atoms with Crippen LogP contribution in [0, 0.1) is 13.8 Å². The molecule has 1 N–H and O–H groups in total. The van der Waals surface area contributed by atoms with Gasteiger partial charge in [-0.25, -0.2) is 9.97 Å². The number of piperazine rings is 1. The molecule has 3 rings (SSSR count). The van der Waals surface area contributed by atoms with E-state index in [1.54, 1.807) is 22.8 Å². The van der Waals surface area contributed by atoms with E-state index in [-0.39, 0.29) is 5.91 Å². The molecule has 0 saturated carbocycles. The number of rotatable bonds is 4. The first kappa shape index (κ1) is 16.9. The molecule has 1 aromatic carbocycles. The van der Waals surface area contributed by atoms with E-state index in [0.29, 0.717) is 43.5 Å². The summed E-state index contributed by atoms with van der Waals surface area (Å²) in [5.74, 6) is 0.987. The number of hydrogen-bond donors (Lipinski definition) is 1. The number of carbonyl (C=O) groups excluding carboxylic acids is 2. The van der Waals surface area contributed by atoms with E-state index in [9.17, 15) is 9.59 Å². The van der Waals surface area contributed by atoms with Crippen molar-refractivity contribution in [3.8, 4) is 0 Å². The minimum absolute atomic E-state index is 0.136. The third-order valence-electron chi connectivity index (χ3n) is 4.13. The molecule has 7 nitrogen and oxygen atoms in total. The van der Waals surface area contributed by atoms with Crippen LogP contribution < -0.4 is 5.32 Å². The molecule has 2 aromatic rings. The zero-order valence-corrected chi connectivity index (χ0v) is 14.4. The molecule has 1 aromatic heterocycles. The molecule has 7 heteroatoms. The highest BCUT2D eigenvalue weighted by molar-refractivity contribution is 5.93. The van der Waals surface area contributed by atoms with E-state index in [0.717, 1.165) is 12.1 Å². The van der Waals surface area contributed by atoms with Crippen LogP contribution in [0.4, 0.5) is 11.5 Å². The Hall–Kier alpha value is -2.96. The minimum Gasteiger partial charge on any atom is -0.342 e. The van der Waals surface area contributed by atoms with Crippen molar-refractivity contribution in [3.63, 3.8) is 0 Å². The molecule has 0 bridgehead atoms. The van der Waals surface area contributed by atoms with E-state index in [4.69, 9.17) is 0 Å². The molecule has 1 fully saturated rings. The fourth-order valence-corrected chi connectivity index (χ4v) is 2.72. The summed E-state index contributed by atoms with van der Waals surface area (Å²) in [6.07, 6.45) is 0.820. The number of nitrogens with zero attached hydrogens (tertiary/aromatic N) is 4. The van der Waals surface area contributed by atoms with E-state index >= 15 is 0 Å². The van der Waals surface area contributed by atoms with Crippen molar-refractivity contribution in [1.82, 2.24) is 19.8 Å². The van der Waals surface area contributed by atoms with Crippen molar-refractivity contribution in [3.05, 3.63) is 47.4 Å². The van der Waals surface area contributed by atoms with Crippen LogP contribution >= 0.6 is 0 Å². The van der Waals surface area contributed by atoms with Crippen LogP contribution in [0.5, 0.6) is 0 Å². The lowest BCUT2D eigenvalue weighted by molar-refractivity contribution is -0.119. The third-order valence-corrected chi connectivity index (χ3v) is 4.13. The van der Waals surface area contributed by atoms with Crippen molar-refractivity contribution in [1.29, 1.82) is 0 Å². The highest BCUT2D eigenvalue weighted by Crippen LogP contribution is 2.17. The zero-order valence-electron chi connectivity index (χ0n) is 14.4. The summed E-state index contributed by atoms with van der Waals surface area (Å²) < 4.78 is 0. The van der Waals surface area contributed by atoms with Crippen LogP contribution in [0.3, 0.4) is 0 Å². The number of nitrogens with one attached hydrogen (secondary N) is 1. The first-order valence-corrected chi connectivity index (χ1v) is 8.23. The van der Waals surface area contributed by atoms with Crippen LogP contribution in [-0.2, 0) is 4.79 Å². The maximum absolute atomic E-state index is 12.7. The van der Waals surface area contributed by atoms with Gasteiger partial charge >= 0.3 is 0 Å². The molecular weight excluding hydrogens is 318 g/mol. The van der Waals surface area contributed by atoms with Crippen molar-refractivity contribution in [2.75, 3.05) is 31.5 Å². The molecule has 0 atom stereocenters. The number of hydrogen-bond acceptors (Lipinski definition) is 5. The first-order chi connectivity index (χ1) is 12.0. The SMILES string of the molecule is Cc1ccc(Nc2cc(C(=O)N3CCN(C=O)CC3)nc(C)n2)cc1. The Bertz CT molecular complexity index is 768. The molecule has 1 aliphatic rings. The van der Waals surface area contributed by atoms with E-state index in [1.807, 2.05) is 31.2 Å². The predicted molar refractivity (Wildman–Crippen MR) is 94.8 cm³/mol. The molecular formula is C18H21N5O2. The largest absolute Gasteiger partial charge is 0.342 e. The number of aromatic nitrogens is 2. The van der Waals surface area contributed by atoms with Gasteiger partial charge in [-0.1, -0.05) is 17.7 Å². The minimum atomic E-state index is -0.136. The molecule has 130 valence electrons. The Morgan fingerprint density at radius 1 is 1.08 bits per heavy atom. The average molecular weight is 339 g/mol. The summed E-state index contributed by atoms with van der Waals surface area (Å²) >= 11 is 0. The van der Waals surface area contributed by atoms with E-state index in [2.05, 4.69) is 15.3 Å². The molecule has 2 amide bonds. The summed E-state index contributed by atoms with van der Waals surface area (Å²) in [6.45, 7) is 5.92. The van der Waals surface area contributed by atoms with Gasteiger partial charge in [-0.3, -0.25) is 9.59 Å². The second-order valence-electron chi connectivity index (χ2n) is 6.11. The summed E-state index contributed by atoms with van der Waals surface area (Å²) in [5, 5.41) is 3.21. The zero-order chi connectivity index (χ0) is 17.8. The van der Waals surface area contributed by atoms with Gasteiger partial charge in [0.2, 0.25) is 6.41 Å². The van der Waals surface area contributed by atoms with Crippen LogP contribution in [0.25, 0.3) is 0 Å². The lowest BCUT2D eigenvalue weighted by atomic mass is 10.2. The van der Waals surface area contributed by atoms with Gasteiger partial charge in [0, 0.05) is 37.9 Å². The topological polar surface area (TPSA) is 78.4 Å². The summed E-state index contributed by atoms with van der Waals surface area (Å²) in [5.41, 5.74) is 2.44. The Morgan fingerprint density at radius 2 is 1.76 bits per heavy atom. The monoisotopic (exact) mass is 339 g/mol. The summed E-state index contributed by atoms with van der Waals surface area (Å²) in [4.78, 5) is 35.5. The molecule has 1 aliphatic heterocycles. The number of aryl methyl sites for hydroxylation is 2. The molecule has 2 heterocycles.